The van der Waals surface area contributed by atoms with Crippen molar-refractivity contribution >= 4 is 39.0 Å². The fraction of sp³-hybridized carbons (Fsp3) is 0.536. The molecule has 2 aliphatic heterocycles. The highest BCUT2D eigenvalue weighted by Crippen LogP contribution is 2.30. The number of nitrogens with one attached hydrogen (secondary N) is 2. The van der Waals surface area contributed by atoms with Gasteiger partial charge in [-0.1, -0.05) is 6.07 Å². The highest BCUT2D eigenvalue weighted by Gasteiger charge is 2.23. The zero-order valence-electron chi connectivity index (χ0n) is 21.5. The zero-order valence-corrected chi connectivity index (χ0v) is 22.4. The summed E-state index contributed by atoms with van der Waals surface area (Å²) in [7, 11) is 0. The zero-order chi connectivity index (χ0) is 25.6. The molecule has 0 saturated carbocycles. The smallest absolute Gasteiger partial charge is 0.326 e. The molecule has 0 unspecified atom stereocenters. The van der Waals surface area contributed by atoms with Crippen LogP contribution >= 0.6 is 11.3 Å². The number of likely N-dealkylation sites (tertiary alicyclic amines) is 1. The van der Waals surface area contributed by atoms with Crippen molar-refractivity contribution in [2.45, 2.75) is 64.0 Å². The molecule has 1 fully saturated rings. The maximum atomic E-state index is 12.0. The van der Waals surface area contributed by atoms with Gasteiger partial charge in [0.1, 0.15) is 17.7 Å². The van der Waals surface area contributed by atoms with E-state index < -0.39 is 12.0 Å². The number of aliphatic carboxylic acids is 1. The number of carboxylic acid groups (broad SMARTS) is 1. The first kappa shape index (κ1) is 25.9. The maximum absolute atomic E-state index is 12.0. The standard InChI is InChI=1S/C28H37N5O3S/c1-19-18-37-24-10-13-30-27(25(19)24)32-23(28(34)35)11-16-36-22-7-4-15-33(17-22)14-3-6-21-9-8-20-5-2-12-29-26(20)31-21/h8-10,13,18,22-23H,2-7,11-12,14-17H2,1H3,(H,29,31)(H,30,32)(H,34,35)/t22-,23-/m1/s1. The lowest BCUT2D eigenvalue weighted by atomic mass is 10.1. The molecule has 0 bridgehead atoms. The van der Waals surface area contributed by atoms with Crippen LogP contribution in [0.15, 0.2) is 29.8 Å². The Morgan fingerprint density at radius 3 is 3.16 bits per heavy atom. The molecule has 2 atom stereocenters. The van der Waals surface area contributed by atoms with Crippen molar-refractivity contribution in [2.75, 3.05) is 43.4 Å². The van der Waals surface area contributed by atoms with Crippen LogP contribution in [0.1, 0.15) is 48.9 Å². The van der Waals surface area contributed by atoms with Crippen LogP contribution in [0.4, 0.5) is 11.6 Å². The highest BCUT2D eigenvalue weighted by atomic mass is 32.1. The number of aryl methyl sites for hydroxylation is 3. The summed E-state index contributed by atoms with van der Waals surface area (Å²) in [5, 5.41) is 19.5. The molecule has 9 heteroatoms. The average molecular weight is 524 g/mol. The summed E-state index contributed by atoms with van der Waals surface area (Å²) in [5.41, 5.74) is 3.60. The second-order valence-electron chi connectivity index (χ2n) is 10.2. The number of anilines is 2. The first-order valence-corrected chi connectivity index (χ1v) is 14.3. The molecule has 37 heavy (non-hydrogen) atoms. The molecule has 0 amide bonds. The second kappa shape index (κ2) is 12.2. The van der Waals surface area contributed by atoms with Crippen molar-refractivity contribution in [1.82, 2.24) is 14.9 Å². The number of hydrogen-bond donors (Lipinski definition) is 3. The highest BCUT2D eigenvalue weighted by molar-refractivity contribution is 7.17. The number of fused-ring (bicyclic) bond motifs is 2. The fourth-order valence-corrected chi connectivity index (χ4v) is 6.30. The number of carboxylic acids is 1. The number of thiophene rings is 1. The Morgan fingerprint density at radius 1 is 1.35 bits per heavy atom. The van der Waals surface area contributed by atoms with Crippen LogP contribution in [0.5, 0.6) is 0 Å². The molecule has 3 aromatic heterocycles. The van der Waals surface area contributed by atoms with E-state index in [1.54, 1.807) is 17.5 Å². The van der Waals surface area contributed by atoms with E-state index in [0.717, 1.165) is 85.4 Å². The Kier molecular flexibility index (Phi) is 8.53. The van der Waals surface area contributed by atoms with Gasteiger partial charge in [-0.25, -0.2) is 14.8 Å². The van der Waals surface area contributed by atoms with Gasteiger partial charge in [-0.2, -0.15) is 0 Å². The van der Waals surface area contributed by atoms with Crippen molar-refractivity contribution in [3.05, 3.63) is 46.6 Å². The third kappa shape index (κ3) is 6.58. The minimum absolute atomic E-state index is 0.148. The van der Waals surface area contributed by atoms with Gasteiger partial charge in [-0.05, 0) is 87.2 Å². The normalized spacial score (nSPS) is 18.8. The summed E-state index contributed by atoms with van der Waals surface area (Å²) in [6, 6.07) is 5.63. The van der Waals surface area contributed by atoms with Gasteiger partial charge >= 0.3 is 5.97 Å². The molecule has 198 valence electrons. The van der Waals surface area contributed by atoms with Crippen molar-refractivity contribution in [2.24, 2.45) is 0 Å². The number of hydrogen-bond acceptors (Lipinski definition) is 8. The molecule has 2 aliphatic rings. The quantitative estimate of drug-likeness (QED) is 0.332. The Labute approximate surface area is 222 Å². The van der Waals surface area contributed by atoms with E-state index in [1.165, 1.54) is 12.0 Å². The number of rotatable bonds is 11. The summed E-state index contributed by atoms with van der Waals surface area (Å²) >= 11 is 1.65. The Balaban J connectivity index is 1.07. The van der Waals surface area contributed by atoms with Gasteiger partial charge in [-0.15, -0.1) is 11.3 Å². The molecule has 1 saturated heterocycles. The number of aromatic nitrogens is 2. The van der Waals surface area contributed by atoms with Crippen LogP contribution in [0.3, 0.4) is 0 Å². The first-order valence-electron chi connectivity index (χ1n) is 13.5. The predicted octanol–water partition coefficient (Wildman–Crippen LogP) is 4.73. The van der Waals surface area contributed by atoms with Gasteiger partial charge in [0, 0.05) is 48.1 Å². The maximum Gasteiger partial charge on any atom is 0.326 e. The SMILES string of the molecule is Cc1csc2ccnc(N[C@H](CCO[C@@H]3CCCN(CCCc4ccc5c(n4)NCCC5)C3)C(=O)O)c12. The van der Waals surface area contributed by atoms with Gasteiger partial charge in [0.15, 0.2) is 0 Å². The summed E-state index contributed by atoms with van der Waals surface area (Å²) in [4.78, 5) is 23.7. The van der Waals surface area contributed by atoms with Crippen LogP contribution in [0.25, 0.3) is 10.1 Å². The number of pyridine rings is 2. The molecule has 8 nitrogen and oxygen atoms in total. The second-order valence-corrected chi connectivity index (χ2v) is 11.1. The Hall–Kier alpha value is -2.75. The van der Waals surface area contributed by atoms with Gasteiger partial charge < -0.3 is 25.4 Å². The largest absolute Gasteiger partial charge is 0.480 e. The number of nitrogens with zero attached hydrogens (tertiary/aromatic N) is 3. The minimum Gasteiger partial charge on any atom is -0.480 e. The van der Waals surface area contributed by atoms with Crippen molar-refractivity contribution in [3.8, 4) is 0 Å². The summed E-state index contributed by atoms with van der Waals surface area (Å²) in [6.45, 7) is 6.48. The lowest BCUT2D eigenvalue weighted by Crippen LogP contribution is -2.41. The van der Waals surface area contributed by atoms with E-state index in [4.69, 9.17) is 9.72 Å². The molecule has 0 aromatic carbocycles. The molecule has 0 radical (unpaired) electrons. The van der Waals surface area contributed by atoms with E-state index in [0.29, 0.717) is 18.8 Å². The molecular formula is C28H37N5O3S. The number of carbonyl (C=O) groups is 1. The third-order valence-electron chi connectivity index (χ3n) is 7.36. The molecule has 3 aromatic rings. The van der Waals surface area contributed by atoms with Crippen LogP contribution in [-0.4, -0.2) is 70.9 Å². The predicted molar refractivity (Wildman–Crippen MR) is 149 cm³/mol. The van der Waals surface area contributed by atoms with Crippen molar-refractivity contribution in [1.29, 1.82) is 0 Å². The first-order chi connectivity index (χ1) is 18.1. The monoisotopic (exact) mass is 523 g/mol. The number of ether oxygens (including phenoxy) is 1. The van der Waals surface area contributed by atoms with Gasteiger partial charge in [0.05, 0.1) is 6.10 Å². The van der Waals surface area contributed by atoms with E-state index in [2.05, 4.69) is 38.0 Å². The number of piperidine rings is 1. The summed E-state index contributed by atoms with van der Waals surface area (Å²) in [6.07, 6.45) is 8.75. The van der Waals surface area contributed by atoms with Crippen LogP contribution in [-0.2, 0) is 22.4 Å². The van der Waals surface area contributed by atoms with Crippen molar-refractivity contribution in [3.63, 3.8) is 0 Å². The van der Waals surface area contributed by atoms with Gasteiger partial charge in [-0.3, -0.25) is 0 Å². The van der Waals surface area contributed by atoms with Crippen LogP contribution in [0, 0.1) is 6.92 Å². The summed E-state index contributed by atoms with van der Waals surface area (Å²) in [5.74, 6) is 0.825. The fourth-order valence-electron chi connectivity index (χ4n) is 5.36. The van der Waals surface area contributed by atoms with E-state index in [1.807, 2.05) is 13.0 Å². The lowest BCUT2D eigenvalue weighted by molar-refractivity contribution is -0.138. The van der Waals surface area contributed by atoms with E-state index >= 15 is 0 Å². The molecular weight excluding hydrogens is 486 g/mol. The van der Waals surface area contributed by atoms with Crippen LogP contribution in [0.2, 0.25) is 0 Å². The summed E-state index contributed by atoms with van der Waals surface area (Å²) < 4.78 is 7.28. The van der Waals surface area contributed by atoms with Crippen molar-refractivity contribution < 1.29 is 14.6 Å². The molecule has 5 rings (SSSR count). The van der Waals surface area contributed by atoms with Gasteiger partial charge in [0.2, 0.25) is 0 Å². The van der Waals surface area contributed by atoms with E-state index in [-0.39, 0.29) is 6.10 Å². The molecule has 0 spiro atoms. The minimum atomic E-state index is -0.883. The molecule has 5 heterocycles. The average Bonchev–Trinajstić information content (AvgIpc) is 3.29. The molecule has 0 aliphatic carbocycles. The topological polar surface area (TPSA) is 99.6 Å². The van der Waals surface area contributed by atoms with Gasteiger partial charge in [0.25, 0.3) is 0 Å². The van der Waals surface area contributed by atoms with E-state index in [9.17, 15) is 9.90 Å². The Morgan fingerprint density at radius 2 is 2.27 bits per heavy atom. The van der Waals surface area contributed by atoms with Crippen LogP contribution < -0.4 is 10.6 Å². The third-order valence-corrected chi connectivity index (χ3v) is 8.43. The lowest BCUT2D eigenvalue weighted by Gasteiger charge is -2.32. The Bertz CT molecular complexity index is 1220. The molecule has 3 N–H and O–H groups in total.